The number of likely N-dealkylation sites (tertiary alicyclic amines) is 1. The lowest BCUT2D eigenvalue weighted by molar-refractivity contribution is -0.123. The Hall–Kier alpha value is -0.420. The normalized spacial score (nSPS) is 37.0. The molecule has 0 saturated carbocycles. The summed E-state index contributed by atoms with van der Waals surface area (Å²) in [6, 6.07) is 0.364. The highest BCUT2D eigenvalue weighted by Gasteiger charge is 2.36. The van der Waals surface area contributed by atoms with Gasteiger partial charge in [0.15, 0.2) is 9.84 Å². The van der Waals surface area contributed by atoms with Gasteiger partial charge in [-0.15, -0.1) is 0 Å². The number of hydrogen-bond acceptors (Lipinski definition) is 4. The van der Waals surface area contributed by atoms with Crippen LogP contribution in [0, 0.1) is 0 Å². The monoisotopic (exact) mass is 231 g/mol. The topological polar surface area (TPSA) is 54.5 Å². The molecule has 2 unspecified atom stereocenters. The molecule has 0 N–H and O–H groups in total. The maximum Gasteiger partial charge on any atom is 0.151 e. The van der Waals surface area contributed by atoms with Gasteiger partial charge in [0, 0.05) is 31.5 Å². The van der Waals surface area contributed by atoms with E-state index >= 15 is 0 Å². The summed E-state index contributed by atoms with van der Waals surface area (Å²) in [5.74, 6) is 0.903. The van der Waals surface area contributed by atoms with Crippen LogP contribution in [0.3, 0.4) is 0 Å². The molecule has 2 heterocycles. The molecule has 15 heavy (non-hydrogen) atoms. The van der Waals surface area contributed by atoms with Crippen molar-refractivity contribution in [3.05, 3.63) is 0 Å². The van der Waals surface area contributed by atoms with Crippen molar-refractivity contribution < 1.29 is 13.2 Å². The highest BCUT2D eigenvalue weighted by atomic mass is 32.2. The lowest BCUT2D eigenvalue weighted by Crippen LogP contribution is -2.47. The smallest absolute Gasteiger partial charge is 0.151 e. The zero-order valence-electron chi connectivity index (χ0n) is 8.98. The summed E-state index contributed by atoms with van der Waals surface area (Å²) in [5, 5.41) is 0. The molecule has 0 spiro atoms. The van der Waals surface area contributed by atoms with E-state index in [4.69, 9.17) is 0 Å². The number of Topliss-reactive ketones (excluding diaryl/α,β-unsaturated/α-hetero) is 1. The number of rotatable bonds is 1. The van der Waals surface area contributed by atoms with Gasteiger partial charge in [-0.25, -0.2) is 8.42 Å². The molecule has 2 aliphatic rings. The Kier molecular flexibility index (Phi) is 2.85. The molecule has 0 aliphatic carbocycles. The predicted octanol–water partition coefficient (Wildman–Crippen LogP) is 0.227. The van der Waals surface area contributed by atoms with Crippen molar-refractivity contribution in [2.75, 3.05) is 18.1 Å². The quantitative estimate of drug-likeness (QED) is 0.648. The standard InChI is InChI=1S/C10H17NO3S/c1-8-6-10(12)2-4-11(8)9-3-5-15(13,14)7-9/h8-9H,2-7H2,1H3. The molecule has 2 atom stereocenters. The summed E-state index contributed by atoms with van der Waals surface area (Å²) >= 11 is 0. The predicted molar refractivity (Wildman–Crippen MR) is 57.5 cm³/mol. The molecular weight excluding hydrogens is 214 g/mol. The van der Waals surface area contributed by atoms with E-state index in [0.717, 1.165) is 13.0 Å². The molecule has 2 rings (SSSR count). The van der Waals surface area contributed by atoms with Crippen molar-refractivity contribution >= 4 is 15.6 Å². The van der Waals surface area contributed by atoms with Gasteiger partial charge in [0.25, 0.3) is 0 Å². The Morgan fingerprint density at radius 2 is 2.13 bits per heavy atom. The van der Waals surface area contributed by atoms with E-state index in [1.165, 1.54) is 0 Å². The SMILES string of the molecule is CC1CC(=O)CCN1C1CCS(=O)(=O)C1. The number of piperidine rings is 1. The number of carbonyl (C=O) groups is 1. The van der Waals surface area contributed by atoms with Gasteiger partial charge in [-0.3, -0.25) is 9.69 Å². The van der Waals surface area contributed by atoms with Gasteiger partial charge in [0.05, 0.1) is 11.5 Å². The zero-order chi connectivity index (χ0) is 11.1. The Bertz CT molecular complexity index is 363. The van der Waals surface area contributed by atoms with E-state index in [0.29, 0.717) is 24.4 Å². The van der Waals surface area contributed by atoms with E-state index in [9.17, 15) is 13.2 Å². The summed E-state index contributed by atoms with van der Waals surface area (Å²) in [4.78, 5) is 13.4. The van der Waals surface area contributed by atoms with E-state index in [-0.39, 0.29) is 17.8 Å². The van der Waals surface area contributed by atoms with Crippen LogP contribution >= 0.6 is 0 Å². The van der Waals surface area contributed by atoms with Gasteiger partial charge in [0.1, 0.15) is 5.78 Å². The molecule has 0 bridgehead atoms. The van der Waals surface area contributed by atoms with Crippen molar-refractivity contribution in [3.63, 3.8) is 0 Å². The summed E-state index contributed by atoms with van der Waals surface area (Å²) in [7, 11) is -2.81. The van der Waals surface area contributed by atoms with E-state index in [2.05, 4.69) is 4.90 Å². The average molecular weight is 231 g/mol. The van der Waals surface area contributed by atoms with Crippen molar-refractivity contribution in [3.8, 4) is 0 Å². The zero-order valence-corrected chi connectivity index (χ0v) is 9.79. The molecule has 4 nitrogen and oxygen atoms in total. The third-order valence-corrected chi connectivity index (χ3v) is 5.17. The minimum Gasteiger partial charge on any atom is -0.300 e. The van der Waals surface area contributed by atoms with Crippen molar-refractivity contribution in [1.82, 2.24) is 4.90 Å². The minimum absolute atomic E-state index is 0.151. The Labute approximate surface area is 90.6 Å². The van der Waals surface area contributed by atoms with Crippen LogP contribution in [0.5, 0.6) is 0 Å². The second-order valence-electron chi connectivity index (χ2n) is 4.64. The molecule has 2 aliphatic heterocycles. The maximum absolute atomic E-state index is 11.4. The van der Waals surface area contributed by atoms with Crippen LogP contribution in [-0.2, 0) is 14.6 Å². The first-order valence-corrected chi connectivity index (χ1v) is 7.28. The maximum atomic E-state index is 11.4. The van der Waals surface area contributed by atoms with Crippen molar-refractivity contribution in [2.24, 2.45) is 0 Å². The summed E-state index contributed by atoms with van der Waals surface area (Å²) in [5.41, 5.74) is 0. The number of nitrogens with zero attached hydrogens (tertiary/aromatic N) is 1. The fraction of sp³-hybridized carbons (Fsp3) is 0.900. The second kappa shape index (κ2) is 3.87. The molecule has 2 fully saturated rings. The van der Waals surface area contributed by atoms with Crippen LogP contribution in [0.15, 0.2) is 0 Å². The summed E-state index contributed by atoms with van der Waals surface area (Å²) < 4.78 is 22.7. The van der Waals surface area contributed by atoms with Gasteiger partial charge in [0.2, 0.25) is 0 Å². The fourth-order valence-electron chi connectivity index (χ4n) is 2.60. The average Bonchev–Trinajstić information content (AvgIpc) is 2.46. The van der Waals surface area contributed by atoms with Gasteiger partial charge < -0.3 is 0 Å². The molecular formula is C10H17NO3S. The summed E-state index contributed by atoms with van der Waals surface area (Å²) in [6.45, 7) is 2.75. The molecule has 5 heteroatoms. The fourth-order valence-corrected chi connectivity index (χ4v) is 4.34. The molecule has 0 aromatic carbocycles. The van der Waals surface area contributed by atoms with Gasteiger partial charge in [-0.1, -0.05) is 0 Å². The van der Waals surface area contributed by atoms with E-state index in [1.54, 1.807) is 0 Å². The van der Waals surface area contributed by atoms with Crippen LogP contribution in [0.25, 0.3) is 0 Å². The van der Waals surface area contributed by atoms with Gasteiger partial charge in [-0.2, -0.15) is 0 Å². The van der Waals surface area contributed by atoms with Crippen LogP contribution in [0.2, 0.25) is 0 Å². The van der Waals surface area contributed by atoms with Gasteiger partial charge >= 0.3 is 0 Å². The second-order valence-corrected chi connectivity index (χ2v) is 6.87. The first-order chi connectivity index (χ1) is 6.98. The van der Waals surface area contributed by atoms with Crippen LogP contribution in [-0.4, -0.2) is 49.2 Å². The Morgan fingerprint density at radius 1 is 1.40 bits per heavy atom. The molecule has 0 aromatic heterocycles. The molecule has 86 valence electrons. The lowest BCUT2D eigenvalue weighted by Gasteiger charge is -2.36. The lowest BCUT2D eigenvalue weighted by atomic mass is 10.00. The Morgan fingerprint density at radius 3 is 2.67 bits per heavy atom. The number of sulfone groups is 1. The molecule has 0 aromatic rings. The first-order valence-electron chi connectivity index (χ1n) is 5.46. The number of ketones is 1. The van der Waals surface area contributed by atoms with Crippen LogP contribution in [0.1, 0.15) is 26.2 Å². The van der Waals surface area contributed by atoms with Gasteiger partial charge in [-0.05, 0) is 13.3 Å². The van der Waals surface area contributed by atoms with Crippen molar-refractivity contribution in [2.45, 2.75) is 38.3 Å². The van der Waals surface area contributed by atoms with Crippen LogP contribution < -0.4 is 0 Å². The molecule has 0 amide bonds. The van der Waals surface area contributed by atoms with E-state index in [1.807, 2.05) is 6.92 Å². The number of hydrogen-bond donors (Lipinski definition) is 0. The Balaban J connectivity index is 2.03. The first kappa shape index (κ1) is 11.1. The van der Waals surface area contributed by atoms with Crippen LogP contribution in [0.4, 0.5) is 0 Å². The highest BCUT2D eigenvalue weighted by Crippen LogP contribution is 2.24. The minimum atomic E-state index is -2.81. The molecule has 0 radical (unpaired) electrons. The summed E-state index contributed by atoms with van der Waals surface area (Å²) in [6.07, 6.45) is 1.90. The largest absolute Gasteiger partial charge is 0.300 e. The third-order valence-electron chi connectivity index (χ3n) is 3.42. The highest BCUT2D eigenvalue weighted by molar-refractivity contribution is 7.91. The van der Waals surface area contributed by atoms with Crippen molar-refractivity contribution in [1.29, 1.82) is 0 Å². The third kappa shape index (κ3) is 2.39. The number of carbonyl (C=O) groups excluding carboxylic acids is 1. The molecule has 2 saturated heterocycles. The van der Waals surface area contributed by atoms with E-state index < -0.39 is 9.84 Å².